The summed E-state index contributed by atoms with van der Waals surface area (Å²) in [5, 5.41) is 11.0. The molecule has 1 atom stereocenters. The Morgan fingerprint density at radius 3 is 2.59 bits per heavy atom. The van der Waals surface area contributed by atoms with Gasteiger partial charge in [0.25, 0.3) is 5.91 Å². The number of aryl methyl sites for hydroxylation is 1. The minimum atomic E-state index is -0.753. The third-order valence-electron chi connectivity index (χ3n) is 7.27. The summed E-state index contributed by atoms with van der Waals surface area (Å²) in [6.07, 6.45) is 3.79. The molecule has 1 aromatic heterocycles. The van der Waals surface area contributed by atoms with Crippen molar-refractivity contribution in [3.8, 4) is 0 Å². The molecule has 2 amide bonds. The zero-order valence-electron chi connectivity index (χ0n) is 26.3. The van der Waals surface area contributed by atoms with Crippen molar-refractivity contribution in [3.63, 3.8) is 0 Å². The van der Waals surface area contributed by atoms with E-state index in [-0.39, 0.29) is 24.1 Å². The fourth-order valence-electron chi connectivity index (χ4n) is 4.99. The van der Waals surface area contributed by atoms with Crippen molar-refractivity contribution < 1.29 is 23.5 Å². The number of ether oxygens (including phenoxy) is 2. The Kier molecular flexibility index (Phi) is 14.4. The molecular formula is C33H46N6O5. The molecule has 0 bridgehead atoms. The van der Waals surface area contributed by atoms with Gasteiger partial charge in [0.05, 0.1) is 32.1 Å². The molecule has 0 saturated heterocycles. The van der Waals surface area contributed by atoms with Gasteiger partial charge in [0.2, 0.25) is 5.91 Å². The Morgan fingerprint density at radius 2 is 1.86 bits per heavy atom. The van der Waals surface area contributed by atoms with Gasteiger partial charge in [-0.25, -0.2) is 0 Å². The number of benzene rings is 2. The summed E-state index contributed by atoms with van der Waals surface area (Å²) in [6.45, 7) is 6.32. The summed E-state index contributed by atoms with van der Waals surface area (Å²) in [5.41, 5.74) is 3.85. The van der Waals surface area contributed by atoms with Gasteiger partial charge in [-0.2, -0.15) is 5.10 Å². The highest BCUT2D eigenvalue weighted by molar-refractivity contribution is 6.30. The third-order valence-corrected chi connectivity index (χ3v) is 7.27. The quantitative estimate of drug-likeness (QED) is 0.0794. The summed E-state index contributed by atoms with van der Waals surface area (Å²) in [7, 11) is 3.46. The number of hydrogen-bond acceptors (Lipinski definition) is 9. The molecule has 4 N–H and O–H groups in total. The van der Waals surface area contributed by atoms with Gasteiger partial charge in [-0.05, 0) is 30.5 Å². The van der Waals surface area contributed by atoms with Crippen LogP contribution in [0, 0.1) is 0 Å². The van der Waals surface area contributed by atoms with Gasteiger partial charge >= 0.3 is 0 Å². The fourth-order valence-corrected chi connectivity index (χ4v) is 4.99. The molecule has 11 heteroatoms. The van der Waals surface area contributed by atoms with E-state index >= 15 is 0 Å². The smallest absolute Gasteiger partial charge is 0.290 e. The highest BCUT2D eigenvalue weighted by atomic mass is 16.5. The lowest BCUT2D eigenvalue weighted by molar-refractivity contribution is -0.126. The van der Waals surface area contributed by atoms with Crippen LogP contribution in [-0.4, -0.2) is 81.8 Å². The van der Waals surface area contributed by atoms with Gasteiger partial charge < -0.3 is 35.3 Å². The number of carbonyl (C=O) groups is 2. The second-order valence-electron chi connectivity index (χ2n) is 10.2. The lowest BCUT2D eigenvalue weighted by atomic mass is 10.0. The van der Waals surface area contributed by atoms with Crippen LogP contribution in [0.1, 0.15) is 54.8 Å². The number of fused-ring (bicyclic) bond motifs is 1. The third kappa shape index (κ3) is 9.39. The topological polar surface area (TPSA) is 144 Å². The highest BCUT2D eigenvalue weighted by Crippen LogP contribution is 2.29. The van der Waals surface area contributed by atoms with Crippen LogP contribution in [0.4, 0.5) is 5.69 Å². The molecule has 11 nitrogen and oxygen atoms in total. The molecule has 0 aliphatic heterocycles. The number of hydrogen-bond donors (Lipinski definition) is 3. The molecule has 0 fully saturated rings. The first-order valence-corrected chi connectivity index (χ1v) is 15.2. The van der Waals surface area contributed by atoms with Crippen molar-refractivity contribution in [3.05, 3.63) is 65.4 Å². The Hall–Kier alpha value is -4.22. The van der Waals surface area contributed by atoms with E-state index in [0.29, 0.717) is 63.5 Å². The SMILES string of the molecule is CCCc1c(C(=O)N(CC/C(C=NCCOCCOC)=N/N)C(CC)C(=O)NCc2ccccc2NC)oc2ccccc12. The molecule has 3 aromatic rings. The molecule has 0 aliphatic carbocycles. The predicted octanol–water partition coefficient (Wildman–Crippen LogP) is 4.40. The van der Waals surface area contributed by atoms with Crippen LogP contribution >= 0.6 is 0 Å². The average Bonchev–Trinajstić information content (AvgIpc) is 3.42. The average molecular weight is 607 g/mol. The van der Waals surface area contributed by atoms with Crippen molar-refractivity contribution in [2.75, 3.05) is 52.4 Å². The Bertz CT molecular complexity index is 1400. The molecular weight excluding hydrogens is 560 g/mol. The molecule has 0 radical (unpaired) electrons. The van der Waals surface area contributed by atoms with Crippen LogP contribution in [0.2, 0.25) is 0 Å². The Balaban J connectivity index is 1.85. The number of amides is 2. The van der Waals surface area contributed by atoms with Gasteiger partial charge in [0.15, 0.2) is 5.76 Å². The van der Waals surface area contributed by atoms with Crippen molar-refractivity contribution in [1.29, 1.82) is 0 Å². The molecule has 0 aliphatic rings. The van der Waals surface area contributed by atoms with E-state index < -0.39 is 6.04 Å². The minimum absolute atomic E-state index is 0.187. The van der Waals surface area contributed by atoms with Crippen LogP contribution in [0.5, 0.6) is 0 Å². The fraction of sp³-hybridized carbons (Fsp3) is 0.455. The maximum atomic E-state index is 14.3. The van der Waals surface area contributed by atoms with Crippen LogP contribution in [-0.2, 0) is 27.2 Å². The highest BCUT2D eigenvalue weighted by Gasteiger charge is 2.33. The normalized spacial score (nSPS) is 12.5. The summed E-state index contributed by atoms with van der Waals surface area (Å²) in [4.78, 5) is 33.9. The van der Waals surface area contributed by atoms with Gasteiger partial charge in [-0.15, -0.1) is 0 Å². The summed E-state index contributed by atoms with van der Waals surface area (Å²) in [5.74, 6) is 5.35. The van der Waals surface area contributed by atoms with E-state index in [1.165, 1.54) is 0 Å². The van der Waals surface area contributed by atoms with Crippen molar-refractivity contribution >= 4 is 40.4 Å². The number of aliphatic imine (C=N–C) groups is 1. The molecule has 3 rings (SSSR count). The first-order chi connectivity index (χ1) is 21.5. The van der Waals surface area contributed by atoms with Gasteiger partial charge in [0.1, 0.15) is 11.6 Å². The minimum Gasteiger partial charge on any atom is -0.451 e. The predicted molar refractivity (Wildman–Crippen MR) is 175 cm³/mol. The van der Waals surface area contributed by atoms with E-state index in [2.05, 4.69) is 27.7 Å². The molecule has 0 spiro atoms. The number of furan rings is 1. The summed E-state index contributed by atoms with van der Waals surface area (Å²) >= 11 is 0. The van der Waals surface area contributed by atoms with Gasteiger partial charge in [0, 0.05) is 56.5 Å². The monoisotopic (exact) mass is 606 g/mol. The lowest BCUT2D eigenvalue weighted by Crippen LogP contribution is -2.50. The van der Waals surface area contributed by atoms with Gasteiger partial charge in [-0.1, -0.05) is 56.7 Å². The second-order valence-corrected chi connectivity index (χ2v) is 10.2. The zero-order valence-corrected chi connectivity index (χ0v) is 26.3. The van der Waals surface area contributed by atoms with Crippen molar-refractivity contribution in [2.24, 2.45) is 15.9 Å². The number of nitrogens with two attached hydrogens (primary N) is 1. The maximum Gasteiger partial charge on any atom is 0.290 e. The Morgan fingerprint density at radius 1 is 1.09 bits per heavy atom. The largest absolute Gasteiger partial charge is 0.451 e. The molecule has 44 heavy (non-hydrogen) atoms. The number of para-hydroxylation sites is 2. The van der Waals surface area contributed by atoms with Crippen LogP contribution in [0.15, 0.2) is 63.0 Å². The number of rotatable bonds is 19. The first-order valence-electron chi connectivity index (χ1n) is 15.2. The maximum absolute atomic E-state index is 14.3. The number of anilines is 1. The molecule has 1 unspecified atom stereocenters. The standard InChI is InChI=1S/C33H46N6O5/c1-5-11-27-26-13-8-10-15-30(26)44-31(27)33(41)39(18-16-25(38-34)23-36-17-19-43-21-20-42-4)29(6-2)32(40)37-22-24-12-7-9-14-28(24)35-3/h7-10,12-15,23,29,35H,5-6,11,16-22,34H2,1-4H3,(H,37,40)/b36-23?,38-25-. The van der Waals surface area contributed by atoms with Crippen molar-refractivity contribution in [1.82, 2.24) is 10.2 Å². The number of nitrogens with one attached hydrogen (secondary N) is 2. The molecule has 238 valence electrons. The van der Waals surface area contributed by atoms with E-state index in [1.807, 2.05) is 62.5 Å². The van der Waals surface area contributed by atoms with E-state index in [1.54, 1.807) is 18.2 Å². The Labute approximate surface area is 259 Å². The van der Waals surface area contributed by atoms with Crippen LogP contribution in [0.25, 0.3) is 11.0 Å². The number of nitrogens with zero attached hydrogens (tertiary/aromatic N) is 3. The molecule has 0 saturated carbocycles. The molecule has 1 heterocycles. The van der Waals surface area contributed by atoms with Crippen LogP contribution in [0.3, 0.4) is 0 Å². The number of hydrazone groups is 1. The summed E-state index contributed by atoms with van der Waals surface area (Å²) in [6, 6.07) is 14.6. The van der Waals surface area contributed by atoms with E-state index in [0.717, 1.165) is 28.6 Å². The summed E-state index contributed by atoms with van der Waals surface area (Å²) < 4.78 is 16.6. The van der Waals surface area contributed by atoms with E-state index in [4.69, 9.17) is 19.7 Å². The van der Waals surface area contributed by atoms with Crippen molar-refractivity contribution in [2.45, 2.75) is 52.1 Å². The van der Waals surface area contributed by atoms with Crippen LogP contribution < -0.4 is 16.5 Å². The first kappa shape index (κ1) is 34.3. The second kappa shape index (κ2) is 18.4. The lowest BCUT2D eigenvalue weighted by Gasteiger charge is -2.30. The van der Waals surface area contributed by atoms with Gasteiger partial charge in [-0.3, -0.25) is 14.6 Å². The number of carbonyl (C=O) groups excluding carboxylic acids is 2. The number of methoxy groups -OCH3 is 1. The molecule has 2 aromatic carbocycles. The zero-order chi connectivity index (χ0) is 31.7. The van der Waals surface area contributed by atoms with E-state index in [9.17, 15) is 9.59 Å².